The average molecular weight is 164 g/mol. The highest BCUT2D eigenvalue weighted by atomic mass is 15.4. The molecular formula is C6H8N6. The lowest BCUT2D eigenvalue weighted by atomic mass is 10.5. The third-order valence-electron chi connectivity index (χ3n) is 1.57. The molecular weight excluding hydrogens is 156 g/mol. The molecule has 0 bridgehead atoms. The standard InChI is InChI=1S/C6H8N6/c1-4-9-10-6-3-2-5(8-7)11-12(4)6/h2-3H,7H2,1H3,(H,8,11). The molecule has 2 heterocycles. The van der Waals surface area contributed by atoms with Crippen molar-refractivity contribution in [2.75, 3.05) is 5.43 Å². The highest BCUT2D eigenvalue weighted by molar-refractivity contribution is 5.42. The second kappa shape index (κ2) is 2.42. The number of fused-ring (bicyclic) bond motifs is 1. The molecule has 0 aliphatic carbocycles. The van der Waals surface area contributed by atoms with Gasteiger partial charge in [-0.05, 0) is 19.1 Å². The monoisotopic (exact) mass is 164 g/mol. The number of hydrazine groups is 1. The fourth-order valence-electron chi connectivity index (χ4n) is 0.973. The zero-order valence-corrected chi connectivity index (χ0v) is 6.52. The molecule has 12 heavy (non-hydrogen) atoms. The van der Waals surface area contributed by atoms with Crippen LogP contribution >= 0.6 is 0 Å². The number of hydrogen-bond donors (Lipinski definition) is 2. The Morgan fingerprint density at radius 1 is 1.42 bits per heavy atom. The second-order valence-corrected chi connectivity index (χ2v) is 2.38. The van der Waals surface area contributed by atoms with E-state index in [1.54, 1.807) is 16.6 Å². The lowest BCUT2D eigenvalue weighted by Gasteiger charge is -1.98. The van der Waals surface area contributed by atoms with E-state index in [2.05, 4.69) is 20.7 Å². The van der Waals surface area contributed by atoms with Gasteiger partial charge in [0, 0.05) is 0 Å². The van der Waals surface area contributed by atoms with Gasteiger partial charge in [-0.25, -0.2) is 5.84 Å². The third-order valence-corrected chi connectivity index (χ3v) is 1.57. The number of aryl methyl sites for hydroxylation is 1. The molecule has 0 amide bonds. The van der Waals surface area contributed by atoms with Gasteiger partial charge in [0.1, 0.15) is 0 Å². The van der Waals surface area contributed by atoms with E-state index in [1.165, 1.54) is 0 Å². The van der Waals surface area contributed by atoms with Crippen molar-refractivity contribution in [1.29, 1.82) is 0 Å². The Bertz CT molecular complexity index is 405. The Balaban J connectivity index is 2.71. The quantitative estimate of drug-likeness (QED) is 0.447. The first-order valence-electron chi connectivity index (χ1n) is 3.47. The molecule has 0 aromatic carbocycles. The molecule has 6 nitrogen and oxygen atoms in total. The SMILES string of the molecule is Cc1nnc2ccc(NN)nn12. The van der Waals surface area contributed by atoms with Gasteiger partial charge in [0.2, 0.25) is 0 Å². The Hall–Kier alpha value is -1.69. The molecule has 0 spiro atoms. The van der Waals surface area contributed by atoms with Gasteiger partial charge in [-0.2, -0.15) is 4.52 Å². The summed E-state index contributed by atoms with van der Waals surface area (Å²) in [5.41, 5.74) is 3.16. The van der Waals surface area contributed by atoms with Crippen molar-refractivity contribution >= 4 is 11.5 Å². The molecule has 3 N–H and O–H groups in total. The summed E-state index contributed by atoms with van der Waals surface area (Å²) >= 11 is 0. The lowest BCUT2D eigenvalue weighted by molar-refractivity contribution is 0.875. The van der Waals surface area contributed by atoms with Gasteiger partial charge in [-0.3, -0.25) is 0 Å². The topological polar surface area (TPSA) is 81.1 Å². The predicted molar refractivity (Wildman–Crippen MR) is 43.3 cm³/mol. The fourth-order valence-corrected chi connectivity index (χ4v) is 0.973. The number of nitrogens with zero attached hydrogens (tertiary/aromatic N) is 4. The van der Waals surface area contributed by atoms with Crippen LogP contribution in [0.4, 0.5) is 5.82 Å². The molecule has 0 aliphatic heterocycles. The average Bonchev–Trinajstić information content (AvgIpc) is 2.47. The summed E-state index contributed by atoms with van der Waals surface area (Å²) in [7, 11) is 0. The molecule has 0 atom stereocenters. The smallest absolute Gasteiger partial charge is 0.178 e. The van der Waals surface area contributed by atoms with Crippen molar-refractivity contribution in [3.63, 3.8) is 0 Å². The zero-order valence-electron chi connectivity index (χ0n) is 6.52. The van der Waals surface area contributed by atoms with E-state index in [-0.39, 0.29) is 0 Å². The summed E-state index contributed by atoms with van der Waals surface area (Å²) < 4.78 is 1.62. The molecule has 2 aromatic rings. The highest BCUT2D eigenvalue weighted by Crippen LogP contribution is 2.04. The summed E-state index contributed by atoms with van der Waals surface area (Å²) in [5.74, 6) is 6.52. The minimum Gasteiger partial charge on any atom is -0.307 e. The van der Waals surface area contributed by atoms with E-state index in [0.29, 0.717) is 11.5 Å². The Morgan fingerprint density at radius 3 is 3.00 bits per heavy atom. The van der Waals surface area contributed by atoms with Crippen molar-refractivity contribution in [3.8, 4) is 0 Å². The number of hydrogen-bond acceptors (Lipinski definition) is 5. The van der Waals surface area contributed by atoms with Crippen LogP contribution in [0.25, 0.3) is 5.65 Å². The van der Waals surface area contributed by atoms with E-state index >= 15 is 0 Å². The number of nitrogens with two attached hydrogens (primary N) is 1. The molecule has 0 fully saturated rings. The number of nitrogen functional groups attached to an aromatic ring is 1. The van der Waals surface area contributed by atoms with Crippen LogP contribution < -0.4 is 11.3 Å². The van der Waals surface area contributed by atoms with Crippen LogP contribution in [0.5, 0.6) is 0 Å². The van der Waals surface area contributed by atoms with E-state index in [4.69, 9.17) is 5.84 Å². The maximum atomic E-state index is 5.19. The first kappa shape index (κ1) is 6.99. The van der Waals surface area contributed by atoms with Crippen LogP contribution in [0.3, 0.4) is 0 Å². The Kier molecular flexibility index (Phi) is 1.41. The van der Waals surface area contributed by atoms with Gasteiger partial charge in [-0.1, -0.05) is 0 Å². The van der Waals surface area contributed by atoms with Gasteiger partial charge in [0.15, 0.2) is 17.3 Å². The summed E-state index contributed by atoms with van der Waals surface area (Å²) in [6.07, 6.45) is 0. The molecule has 6 heteroatoms. The molecule has 2 aromatic heterocycles. The molecule has 0 radical (unpaired) electrons. The lowest BCUT2D eigenvalue weighted by Crippen LogP contribution is -2.10. The van der Waals surface area contributed by atoms with Crippen LogP contribution in [0, 0.1) is 6.92 Å². The van der Waals surface area contributed by atoms with E-state index in [0.717, 1.165) is 5.82 Å². The number of aromatic nitrogens is 4. The maximum absolute atomic E-state index is 5.19. The number of rotatable bonds is 1. The van der Waals surface area contributed by atoms with Gasteiger partial charge in [0.25, 0.3) is 0 Å². The first-order valence-corrected chi connectivity index (χ1v) is 3.47. The zero-order chi connectivity index (χ0) is 8.55. The van der Waals surface area contributed by atoms with E-state index in [1.807, 2.05) is 6.92 Å². The summed E-state index contributed by atoms with van der Waals surface area (Å²) in [6, 6.07) is 3.53. The van der Waals surface area contributed by atoms with E-state index < -0.39 is 0 Å². The van der Waals surface area contributed by atoms with Gasteiger partial charge in [-0.15, -0.1) is 15.3 Å². The fraction of sp³-hybridized carbons (Fsp3) is 0.167. The largest absolute Gasteiger partial charge is 0.307 e. The summed E-state index contributed by atoms with van der Waals surface area (Å²) in [6.45, 7) is 1.83. The van der Waals surface area contributed by atoms with Crippen LogP contribution in [0.1, 0.15) is 5.82 Å². The molecule has 0 saturated heterocycles. The van der Waals surface area contributed by atoms with Gasteiger partial charge < -0.3 is 5.43 Å². The molecule has 62 valence electrons. The molecule has 0 unspecified atom stereocenters. The summed E-state index contributed by atoms with van der Waals surface area (Å²) in [5, 5.41) is 11.8. The van der Waals surface area contributed by atoms with Crippen LogP contribution in [-0.4, -0.2) is 19.8 Å². The molecule has 0 aliphatic rings. The minimum atomic E-state index is 0.588. The van der Waals surface area contributed by atoms with Gasteiger partial charge >= 0.3 is 0 Å². The second-order valence-electron chi connectivity index (χ2n) is 2.38. The normalized spacial score (nSPS) is 10.5. The van der Waals surface area contributed by atoms with Crippen molar-refractivity contribution in [1.82, 2.24) is 19.8 Å². The molecule has 0 saturated carbocycles. The summed E-state index contributed by atoms with van der Waals surface area (Å²) in [4.78, 5) is 0. The van der Waals surface area contributed by atoms with Crippen LogP contribution in [0.15, 0.2) is 12.1 Å². The minimum absolute atomic E-state index is 0.588. The van der Waals surface area contributed by atoms with Crippen molar-refractivity contribution in [2.45, 2.75) is 6.92 Å². The first-order chi connectivity index (χ1) is 5.81. The Morgan fingerprint density at radius 2 is 2.25 bits per heavy atom. The number of nitrogens with one attached hydrogen (secondary N) is 1. The third kappa shape index (κ3) is 0.892. The van der Waals surface area contributed by atoms with Crippen LogP contribution in [0.2, 0.25) is 0 Å². The molecule has 2 rings (SSSR count). The van der Waals surface area contributed by atoms with Gasteiger partial charge in [0.05, 0.1) is 0 Å². The Labute approximate surface area is 68.4 Å². The van der Waals surface area contributed by atoms with Crippen molar-refractivity contribution < 1.29 is 0 Å². The van der Waals surface area contributed by atoms with Crippen LogP contribution in [-0.2, 0) is 0 Å². The van der Waals surface area contributed by atoms with Crippen molar-refractivity contribution in [2.24, 2.45) is 5.84 Å². The maximum Gasteiger partial charge on any atom is 0.178 e. The highest BCUT2D eigenvalue weighted by Gasteiger charge is 2.01. The number of anilines is 1. The van der Waals surface area contributed by atoms with E-state index in [9.17, 15) is 0 Å². The van der Waals surface area contributed by atoms with Crippen molar-refractivity contribution in [3.05, 3.63) is 18.0 Å². The predicted octanol–water partition coefficient (Wildman–Crippen LogP) is -0.282.